The number of halogens is 2. The van der Waals surface area contributed by atoms with Crippen molar-refractivity contribution in [1.29, 1.82) is 0 Å². The number of hydrogen-bond donors (Lipinski definition) is 0. The van der Waals surface area contributed by atoms with Crippen molar-refractivity contribution in [2.45, 2.75) is 41.5 Å². The van der Waals surface area contributed by atoms with E-state index >= 15 is 0 Å². The second-order valence-corrected chi connectivity index (χ2v) is 56.2. The standard InChI is InChI=1S/2C6H15P.2BrH.Pd/c2*1-4-7(5-2)6-3;;;/h2*4-6H2,1-3H3;2*1H;. The Morgan fingerprint density at radius 2 is 0.765 bits per heavy atom. The first-order chi connectivity index (χ1) is 7.86. The molecule has 0 fully saturated rings. The molecule has 0 aromatic rings. The monoisotopic (exact) mass is 502 g/mol. The molecule has 0 atom stereocenters. The molecule has 0 saturated heterocycles. The molecule has 0 aromatic carbocycles. The molecule has 114 valence electrons. The fourth-order valence-corrected chi connectivity index (χ4v) is 88.1. The zero-order valence-corrected chi connectivity index (χ0v) is 19.0. The Hall–Kier alpha value is 2.48. The average molecular weight is 505 g/mol. The fraction of sp³-hybridized carbons (Fsp3) is 1.00. The molecule has 0 heterocycles. The third-order valence-corrected chi connectivity index (χ3v) is 85.5. The molecule has 17 heavy (non-hydrogen) atoms. The Balaban J connectivity index is 5.60. The van der Waals surface area contributed by atoms with Crippen LogP contribution in [-0.4, -0.2) is 37.0 Å². The normalized spacial score (nSPS) is 16.9. The Morgan fingerprint density at radius 1 is 0.588 bits per heavy atom. The van der Waals surface area contributed by atoms with Gasteiger partial charge in [-0.2, -0.15) is 0 Å². The van der Waals surface area contributed by atoms with Crippen LogP contribution in [0, 0.1) is 0 Å². The molecule has 0 spiro atoms. The summed E-state index contributed by atoms with van der Waals surface area (Å²) in [6, 6.07) is 0. The van der Waals surface area contributed by atoms with Crippen LogP contribution in [0.3, 0.4) is 0 Å². The Bertz CT molecular complexity index is 188. The van der Waals surface area contributed by atoms with Crippen molar-refractivity contribution in [2.24, 2.45) is 0 Å². The van der Waals surface area contributed by atoms with E-state index < -0.39 is 21.4 Å². The zero-order chi connectivity index (χ0) is 13.7. The molecular formula is C12H32Br2P2Pd. The maximum atomic E-state index is 4.38. The minimum atomic E-state index is -1.50. The number of hydrogen-bond acceptors (Lipinski definition) is 0. The van der Waals surface area contributed by atoms with E-state index in [4.69, 9.17) is 0 Å². The van der Waals surface area contributed by atoms with Crippen LogP contribution in [0.2, 0.25) is 0 Å². The Labute approximate surface area is 126 Å². The van der Waals surface area contributed by atoms with Crippen molar-refractivity contribution >= 4 is 37.8 Å². The molecule has 0 rings (SSSR count). The van der Waals surface area contributed by atoms with Gasteiger partial charge in [0.05, 0.1) is 0 Å². The van der Waals surface area contributed by atoms with Gasteiger partial charge in [-0.25, -0.2) is 0 Å². The quantitative estimate of drug-likeness (QED) is 0.272. The van der Waals surface area contributed by atoms with Crippen LogP contribution < -0.4 is 0 Å². The predicted molar refractivity (Wildman–Crippen MR) is 97.7 cm³/mol. The van der Waals surface area contributed by atoms with E-state index in [-0.39, 0.29) is 0 Å². The van der Waals surface area contributed by atoms with Gasteiger partial charge in [0, 0.05) is 0 Å². The first-order valence-corrected chi connectivity index (χ1v) is 23.6. The third kappa shape index (κ3) is 3.39. The molecule has 0 aliphatic carbocycles. The van der Waals surface area contributed by atoms with Gasteiger partial charge in [-0.3, -0.25) is 0 Å². The summed E-state index contributed by atoms with van der Waals surface area (Å²) in [4.78, 5) is 0. The fourth-order valence-electron chi connectivity index (χ4n) is 2.70. The summed E-state index contributed by atoms with van der Waals surface area (Å²) in [7, 11) is -1.50. The average Bonchev–Trinajstić information content (AvgIpc) is 2.34. The predicted octanol–water partition coefficient (Wildman–Crippen LogP) is 6.21. The van der Waals surface area contributed by atoms with Crippen molar-refractivity contribution in [3.8, 4) is 0 Å². The van der Waals surface area contributed by atoms with Crippen molar-refractivity contribution in [1.82, 2.24) is 0 Å². The first-order valence-electron chi connectivity index (χ1n) is 6.92. The molecule has 0 N–H and O–H groups in total. The summed E-state index contributed by atoms with van der Waals surface area (Å²) in [6.07, 6.45) is 8.76. The van der Waals surface area contributed by atoms with E-state index in [1.54, 1.807) is 0 Å². The van der Waals surface area contributed by atoms with Crippen LogP contribution in [0.25, 0.3) is 0 Å². The van der Waals surface area contributed by atoms with Gasteiger partial charge in [0.2, 0.25) is 0 Å². The summed E-state index contributed by atoms with van der Waals surface area (Å²) in [5.74, 6) is 0. The maximum absolute atomic E-state index is 4.38. The van der Waals surface area contributed by atoms with Crippen LogP contribution in [0.5, 0.6) is 0 Å². The topological polar surface area (TPSA) is 0 Å². The van der Waals surface area contributed by atoms with Crippen molar-refractivity contribution < 1.29 is 10.5 Å². The Kier molecular flexibility index (Phi) is 9.23. The van der Waals surface area contributed by atoms with E-state index in [1.807, 2.05) is 0 Å². The zero-order valence-electron chi connectivity index (χ0n) is 12.3. The second kappa shape index (κ2) is 8.05. The molecule has 0 amide bonds. The Morgan fingerprint density at radius 3 is 0.882 bits per heavy atom. The van der Waals surface area contributed by atoms with E-state index in [9.17, 15) is 0 Å². The van der Waals surface area contributed by atoms with Crippen molar-refractivity contribution in [3.05, 3.63) is 0 Å². The van der Waals surface area contributed by atoms with Gasteiger partial charge >= 0.3 is 127 Å². The summed E-state index contributed by atoms with van der Waals surface area (Å²) < 4.78 is 0. The van der Waals surface area contributed by atoms with Gasteiger partial charge in [0.25, 0.3) is 0 Å². The van der Waals surface area contributed by atoms with Crippen LogP contribution in [0.1, 0.15) is 41.5 Å². The molecule has 0 aliphatic rings. The summed E-state index contributed by atoms with van der Waals surface area (Å²) >= 11 is 8.76. The summed E-state index contributed by atoms with van der Waals surface area (Å²) in [5.41, 5.74) is -2.20. The van der Waals surface area contributed by atoms with Gasteiger partial charge in [-0.15, -0.1) is 0 Å². The summed E-state index contributed by atoms with van der Waals surface area (Å²) in [5, 5.41) is 0. The molecule has 0 aromatic heterocycles. The first kappa shape index (κ1) is 19.5. The van der Waals surface area contributed by atoms with E-state index in [1.165, 1.54) is 37.0 Å². The van der Waals surface area contributed by atoms with Crippen LogP contribution in [0.15, 0.2) is 0 Å². The molecule has 5 heteroatoms. The van der Waals surface area contributed by atoms with Crippen LogP contribution in [-0.2, 0) is 10.5 Å². The van der Waals surface area contributed by atoms with E-state index in [0.717, 1.165) is 0 Å². The summed E-state index contributed by atoms with van der Waals surface area (Å²) in [6.45, 7) is 14.7. The van der Waals surface area contributed by atoms with Gasteiger partial charge < -0.3 is 0 Å². The SMILES string of the molecule is CC[PH](CC)(CC)[Pd]([Br])([Br])[PH](CC)(CC)CC. The molecule has 0 unspecified atom stereocenters. The van der Waals surface area contributed by atoms with Crippen molar-refractivity contribution in [3.63, 3.8) is 0 Å². The van der Waals surface area contributed by atoms with Crippen LogP contribution >= 0.6 is 37.8 Å². The molecule has 0 radical (unpaired) electrons. The molecule has 0 nitrogen and oxygen atoms in total. The van der Waals surface area contributed by atoms with E-state index in [0.29, 0.717) is 0 Å². The molecule has 0 saturated carbocycles. The van der Waals surface area contributed by atoms with Gasteiger partial charge in [-0.05, 0) is 0 Å². The van der Waals surface area contributed by atoms with Gasteiger partial charge in [0.1, 0.15) is 0 Å². The second-order valence-electron chi connectivity index (χ2n) is 4.66. The molecule has 0 aliphatic heterocycles. The van der Waals surface area contributed by atoms with Gasteiger partial charge in [-0.1, -0.05) is 0 Å². The number of rotatable bonds is 8. The molecular weight excluding hydrogens is 472 g/mol. The molecule has 0 bridgehead atoms. The van der Waals surface area contributed by atoms with Crippen LogP contribution in [0.4, 0.5) is 0 Å². The third-order valence-electron chi connectivity index (χ3n) is 4.51. The van der Waals surface area contributed by atoms with Gasteiger partial charge in [0.15, 0.2) is 0 Å². The minimum absolute atomic E-state index is 1.10. The van der Waals surface area contributed by atoms with Crippen molar-refractivity contribution in [2.75, 3.05) is 37.0 Å². The van der Waals surface area contributed by atoms with E-state index in [2.05, 4.69) is 68.4 Å².